The molecule has 1 unspecified atom stereocenters. The van der Waals surface area contributed by atoms with E-state index < -0.39 is 29.9 Å². The number of aliphatic hydroxyl groups is 1. The van der Waals surface area contributed by atoms with E-state index in [2.05, 4.69) is 4.98 Å². The van der Waals surface area contributed by atoms with Gasteiger partial charge in [0, 0.05) is 19.2 Å². The molecule has 2 atom stereocenters. The van der Waals surface area contributed by atoms with Crippen LogP contribution in [0, 0.1) is 0 Å². The second kappa shape index (κ2) is 7.59. The van der Waals surface area contributed by atoms with Crippen molar-refractivity contribution in [2.24, 2.45) is 0 Å². The molecule has 1 N–H and O–H groups in total. The van der Waals surface area contributed by atoms with Gasteiger partial charge in [-0.05, 0) is 12.5 Å². The lowest BCUT2D eigenvalue weighted by Gasteiger charge is -2.38. The number of aliphatic hydroxyl groups excluding tert-OH is 1. The molecule has 0 bridgehead atoms. The van der Waals surface area contributed by atoms with E-state index in [-0.39, 0.29) is 12.5 Å². The van der Waals surface area contributed by atoms with E-state index in [1.165, 1.54) is 6.07 Å². The number of aromatic nitrogens is 2. The van der Waals surface area contributed by atoms with Crippen LogP contribution in [0.2, 0.25) is 0 Å². The summed E-state index contributed by atoms with van der Waals surface area (Å²) in [6.45, 7) is 2.01. The van der Waals surface area contributed by atoms with Crippen molar-refractivity contribution in [3.63, 3.8) is 0 Å². The zero-order valence-corrected chi connectivity index (χ0v) is 16.5. The summed E-state index contributed by atoms with van der Waals surface area (Å²) in [4.78, 5) is 20.0. The fraction of sp³-hybridized carbons (Fsp3) is 0.500. The summed E-state index contributed by atoms with van der Waals surface area (Å²) < 4.78 is 48.7. The number of ether oxygens (including phenoxy) is 1. The van der Waals surface area contributed by atoms with Crippen molar-refractivity contribution in [2.45, 2.75) is 31.3 Å². The highest BCUT2D eigenvalue weighted by molar-refractivity contribution is 5.50. The molecule has 0 amide bonds. The second-order valence-corrected chi connectivity index (χ2v) is 7.75. The van der Waals surface area contributed by atoms with Gasteiger partial charge in [0.15, 0.2) is 5.54 Å². The standard InChI is InChI=1S/C20H23F3N4O3/c1-19(20(21,22)23)13-26-17(29)11-16(25-7-9-30-10-8-25)24-18(26)27(19)12-15(28)14-5-3-2-4-6-14/h2-6,11,15,28H,7-10,12-13H2,1H3/t15?,19-/m0/s1. The van der Waals surface area contributed by atoms with Crippen molar-refractivity contribution in [1.29, 1.82) is 0 Å². The fourth-order valence-electron chi connectivity index (χ4n) is 3.88. The molecule has 0 aliphatic carbocycles. The summed E-state index contributed by atoms with van der Waals surface area (Å²) in [5, 5.41) is 10.6. The van der Waals surface area contributed by atoms with Crippen LogP contribution in [0.25, 0.3) is 0 Å². The van der Waals surface area contributed by atoms with Gasteiger partial charge in [0.05, 0.1) is 32.4 Å². The lowest BCUT2D eigenvalue weighted by Crippen LogP contribution is -2.56. The quantitative estimate of drug-likeness (QED) is 0.809. The first-order valence-corrected chi connectivity index (χ1v) is 9.73. The monoisotopic (exact) mass is 424 g/mol. The zero-order chi connectivity index (χ0) is 21.5. The third-order valence-corrected chi connectivity index (χ3v) is 5.76. The molecule has 0 saturated carbocycles. The second-order valence-electron chi connectivity index (χ2n) is 7.75. The van der Waals surface area contributed by atoms with Crippen LogP contribution >= 0.6 is 0 Å². The van der Waals surface area contributed by atoms with E-state index in [1.54, 1.807) is 30.3 Å². The highest BCUT2D eigenvalue weighted by Crippen LogP contribution is 2.44. The van der Waals surface area contributed by atoms with Crippen LogP contribution in [0.1, 0.15) is 18.6 Å². The lowest BCUT2D eigenvalue weighted by atomic mass is 9.99. The van der Waals surface area contributed by atoms with Crippen molar-refractivity contribution >= 4 is 11.8 Å². The Kier molecular flexibility index (Phi) is 5.23. The SMILES string of the molecule is C[C@@]1(C(F)(F)F)Cn2c(nc(N3CCOCC3)cc2=O)N1CC(O)c1ccccc1. The van der Waals surface area contributed by atoms with Crippen LogP contribution in [-0.4, -0.2) is 59.2 Å². The molecule has 2 aliphatic heterocycles. The van der Waals surface area contributed by atoms with Gasteiger partial charge in [0.25, 0.3) is 5.56 Å². The number of rotatable bonds is 4. The molecule has 162 valence electrons. The Bertz CT molecular complexity index is 960. The number of hydrogen-bond acceptors (Lipinski definition) is 6. The van der Waals surface area contributed by atoms with E-state index in [9.17, 15) is 23.1 Å². The van der Waals surface area contributed by atoms with Gasteiger partial charge in [0.1, 0.15) is 5.82 Å². The largest absolute Gasteiger partial charge is 0.413 e. The highest BCUT2D eigenvalue weighted by Gasteiger charge is 2.60. The van der Waals surface area contributed by atoms with Gasteiger partial charge in [-0.25, -0.2) is 0 Å². The molecule has 4 rings (SSSR count). The van der Waals surface area contributed by atoms with Gasteiger partial charge in [-0.3, -0.25) is 9.36 Å². The minimum atomic E-state index is -4.64. The Morgan fingerprint density at radius 1 is 1.23 bits per heavy atom. The number of nitrogens with zero attached hydrogens (tertiary/aromatic N) is 4. The van der Waals surface area contributed by atoms with Gasteiger partial charge in [-0.2, -0.15) is 18.2 Å². The summed E-state index contributed by atoms with van der Waals surface area (Å²) >= 11 is 0. The summed E-state index contributed by atoms with van der Waals surface area (Å²) in [7, 11) is 0. The van der Waals surface area contributed by atoms with E-state index in [4.69, 9.17) is 4.74 Å². The molecular formula is C20H23F3N4O3. The number of benzene rings is 1. The van der Waals surface area contributed by atoms with Gasteiger partial charge in [0.2, 0.25) is 5.95 Å². The molecule has 2 aliphatic rings. The topological polar surface area (TPSA) is 70.8 Å². The molecule has 1 saturated heterocycles. The summed E-state index contributed by atoms with van der Waals surface area (Å²) in [6.07, 6.45) is -5.81. The molecule has 1 aromatic carbocycles. The van der Waals surface area contributed by atoms with Gasteiger partial charge in [-0.15, -0.1) is 0 Å². The van der Waals surface area contributed by atoms with Gasteiger partial charge < -0.3 is 19.6 Å². The lowest BCUT2D eigenvalue weighted by molar-refractivity contribution is -0.183. The molecule has 1 aromatic heterocycles. The van der Waals surface area contributed by atoms with Gasteiger partial charge in [-0.1, -0.05) is 30.3 Å². The van der Waals surface area contributed by atoms with Crippen LogP contribution in [0.3, 0.4) is 0 Å². The van der Waals surface area contributed by atoms with Crippen molar-refractivity contribution in [2.75, 3.05) is 42.6 Å². The van der Waals surface area contributed by atoms with Crippen LogP contribution in [-0.2, 0) is 11.3 Å². The first-order chi connectivity index (χ1) is 14.2. The van der Waals surface area contributed by atoms with E-state index in [0.717, 1.165) is 16.4 Å². The van der Waals surface area contributed by atoms with Crippen LogP contribution in [0.15, 0.2) is 41.2 Å². The molecule has 0 radical (unpaired) electrons. The van der Waals surface area contributed by atoms with Crippen LogP contribution in [0.4, 0.5) is 24.9 Å². The summed E-state index contributed by atoms with van der Waals surface area (Å²) in [5.41, 5.74) is -2.42. The maximum absolute atomic E-state index is 14.1. The fourth-order valence-corrected chi connectivity index (χ4v) is 3.88. The minimum absolute atomic E-state index is 0.0844. The van der Waals surface area contributed by atoms with Crippen LogP contribution < -0.4 is 15.4 Å². The van der Waals surface area contributed by atoms with E-state index in [1.807, 2.05) is 4.90 Å². The summed E-state index contributed by atoms with van der Waals surface area (Å²) in [5.74, 6) is 0.235. The number of morpholine rings is 1. The molecule has 10 heteroatoms. The predicted octanol–water partition coefficient (Wildman–Crippen LogP) is 1.95. The van der Waals surface area contributed by atoms with Crippen molar-refractivity contribution in [3.8, 4) is 0 Å². The molecule has 3 heterocycles. The highest BCUT2D eigenvalue weighted by atomic mass is 19.4. The molecule has 30 heavy (non-hydrogen) atoms. The Morgan fingerprint density at radius 2 is 1.90 bits per heavy atom. The third kappa shape index (κ3) is 3.54. The number of β-amino-alcohol motifs (C(OH)–C–C–N with tert-alkyl or cyclic N) is 1. The number of halogens is 3. The maximum atomic E-state index is 14.1. The van der Waals surface area contributed by atoms with Gasteiger partial charge >= 0.3 is 6.18 Å². The Hall–Kier alpha value is -2.59. The van der Waals surface area contributed by atoms with Crippen LogP contribution in [0.5, 0.6) is 0 Å². The number of anilines is 2. The smallest absolute Gasteiger partial charge is 0.387 e. The average Bonchev–Trinajstić information content (AvgIpc) is 3.03. The van der Waals surface area contributed by atoms with E-state index >= 15 is 0 Å². The first-order valence-electron chi connectivity index (χ1n) is 9.73. The molecular weight excluding hydrogens is 401 g/mol. The first kappa shape index (κ1) is 20.7. The predicted molar refractivity (Wildman–Crippen MR) is 105 cm³/mol. The minimum Gasteiger partial charge on any atom is -0.387 e. The molecule has 2 aromatic rings. The number of hydrogen-bond donors (Lipinski definition) is 1. The normalized spacial score (nSPS) is 22.8. The number of alkyl halides is 3. The maximum Gasteiger partial charge on any atom is 0.413 e. The molecule has 7 nitrogen and oxygen atoms in total. The Morgan fingerprint density at radius 3 is 2.53 bits per heavy atom. The van der Waals surface area contributed by atoms with E-state index in [0.29, 0.717) is 37.7 Å². The molecule has 0 spiro atoms. The molecule has 1 fully saturated rings. The van der Waals surface area contributed by atoms with Crippen molar-refractivity contribution < 1.29 is 23.0 Å². The zero-order valence-electron chi connectivity index (χ0n) is 16.5. The number of fused-ring (bicyclic) bond motifs is 1. The van der Waals surface area contributed by atoms with Crippen molar-refractivity contribution in [1.82, 2.24) is 9.55 Å². The summed E-state index contributed by atoms with van der Waals surface area (Å²) in [6, 6.07) is 9.74. The average molecular weight is 424 g/mol. The third-order valence-electron chi connectivity index (χ3n) is 5.76. The Labute approximate surface area is 171 Å². The van der Waals surface area contributed by atoms with Crippen molar-refractivity contribution in [3.05, 3.63) is 52.3 Å². The Balaban J connectivity index is 1.75.